The molecule has 20 heavy (non-hydrogen) atoms. The van der Waals surface area contributed by atoms with Crippen LogP contribution in [0, 0.1) is 5.92 Å². The summed E-state index contributed by atoms with van der Waals surface area (Å²) in [5.74, 6) is 0.612. The van der Waals surface area contributed by atoms with Crippen molar-refractivity contribution in [2.75, 3.05) is 0 Å². The van der Waals surface area contributed by atoms with E-state index in [9.17, 15) is 4.79 Å². The van der Waals surface area contributed by atoms with E-state index in [1.165, 1.54) is 5.56 Å². The van der Waals surface area contributed by atoms with Crippen LogP contribution in [-0.4, -0.2) is 17.9 Å². The van der Waals surface area contributed by atoms with Crippen LogP contribution in [0.15, 0.2) is 29.3 Å². The number of esters is 1. The van der Waals surface area contributed by atoms with Gasteiger partial charge in [0, 0.05) is 5.56 Å². The quantitative estimate of drug-likeness (QED) is 0.771. The Morgan fingerprint density at radius 2 is 1.80 bits per heavy atom. The average Bonchev–Trinajstić information content (AvgIpc) is 2.37. The standard InChI is InChI=1S/C17H23NO2/c1-11(2)14-10-15(19)20-16(18-14)12-6-8-13(9-7-12)17(3,4)5/h6-9,11,14H,10H2,1-5H3/t14-/m1/s1. The van der Waals surface area contributed by atoms with Gasteiger partial charge in [0.05, 0.1) is 12.5 Å². The number of aliphatic imine (C=N–C) groups is 1. The third-order valence-electron chi connectivity index (χ3n) is 3.64. The zero-order valence-electron chi connectivity index (χ0n) is 12.9. The molecule has 0 bridgehead atoms. The molecule has 2 rings (SSSR count). The highest BCUT2D eigenvalue weighted by molar-refractivity contribution is 6.02. The molecule has 0 saturated carbocycles. The van der Waals surface area contributed by atoms with Crippen molar-refractivity contribution < 1.29 is 9.53 Å². The van der Waals surface area contributed by atoms with E-state index in [-0.39, 0.29) is 17.4 Å². The molecule has 0 fully saturated rings. The maximum atomic E-state index is 11.7. The van der Waals surface area contributed by atoms with Gasteiger partial charge in [-0.3, -0.25) is 4.79 Å². The largest absolute Gasteiger partial charge is 0.407 e. The highest BCUT2D eigenvalue weighted by Crippen LogP contribution is 2.24. The summed E-state index contributed by atoms with van der Waals surface area (Å²) in [6, 6.07) is 8.13. The molecule has 1 aromatic carbocycles. The van der Waals surface area contributed by atoms with Gasteiger partial charge < -0.3 is 4.74 Å². The zero-order chi connectivity index (χ0) is 14.9. The van der Waals surface area contributed by atoms with E-state index in [4.69, 9.17) is 4.74 Å². The molecule has 0 radical (unpaired) electrons. The lowest BCUT2D eigenvalue weighted by molar-refractivity contribution is -0.137. The number of rotatable bonds is 2. The van der Waals surface area contributed by atoms with Gasteiger partial charge in [-0.05, 0) is 29.0 Å². The second kappa shape index (κ2) is 5.39. The van der Waals surface area contributed by atoms with E-state index in [1.807, 2.05) is 12.1 Å². The smallest absolute Gasteiger partial charge is 0.314 e. The van der Waals surface area contributed by atoms with Crippen LogP contribution in [0.4, 0.5) is 0 Å². The molecular formula is C17H23NO2. The van der Waals surface area contributed by atoms with Gasteiger partial charge >= 0.3 is 5.97 Å². The first-order valence-electron chi connectivity index (χ1n) is 7.17. The maximum Gasteiger partial charge on any atom is 0.314 e. The van der Waals surface area contributed by atoms with Gasteiger partial charge in [0.1, 0.15) is 0 Å². The lowest BCUT2D eigenvalue weighted by Crippen LogP contribution is -2.29. The van der Waals surface area contributed by atoms with Crippen LogP contribution >= 0.6 is 0 Å². The van der Waals surface area contributed by atoms with Gasteiger partial charge in [-0.2, -0.15) is 0 Å². The minimum Gasteiger partial charge on any atom is -0.407 e. The molecule has 3 nitrogen and oxygen atoms in total. The van der Waals surface area contributed by atoms with E-state index in [1.54, 1.807) is 0 Å². The number of carbonyl (C=O) groups excluding carboxylic acids is 1. The summed E-state index contributed by atoms with van der Waals surface area (Å²) >= 11 is 0. The second-order valence-corrected chi connectivity index (χ2v) is 6.75. The fourth-order valence-electron chi connectivity index (χ4n) is 2.17. The molecule has 0 spiro atoms. The molecule has 108 valence electrons. The highest BCUT2D eigenvalue weighted by atomic mass is 16.5. The van der Waals surface area contributed by atoms with E-state index < -0.39 is 0 Å². The summed E-state index contributed by atoms with van der Waals surface area (Å²) < 4.78 is 5.29. The number of carbonyl (C=O) groups is 1. The molecule has 1 aliphatic heterocycles. The molecule has 0 saturated heterocycles. The normalized spacial score (nSPS) is 19.8. The molecule has 0 N–H and O–H groups in total. The van der Waals surface area contributed by atoms with Crippen molar-refractivity contribution in [2.45, 2.75) is 52.5 Å². The van der Waals surface area contributed by atoms with Gasteiger partial charge in [0.15, 0.2) is 0 Å². The second-order valence-electron chi connectivity index (χ2n) is 6.75. The first-order chi connectivity index (χ1) is 9.27. The van der Waals surface area contributed by atoms with Crippen molar-refractivity contribution in [3.05, 3.63) is 35.4 Å². The Hall–Kier alpha value is -1.64. The SMILES string of the molecule is CC(C)[C@H]1CC(=O)OC(c2ccc(C(C)(C)C)cc2)=N1. The number of hydrogen-bond acceptors (Lipinski definition) is 3. The Balaban J connectivity index is 2.29. The maximum absolute atomic E-state index is 11.7. The number of cyclic esters (lactones) is 1. The van der Waals surface area contributed by atoms with Crippen LogP contribution in [0.2, 0.25) is 0 Å². The first kappa shape index (κ1) is 14.8. The minimum absolute atomic E-state index is 0.0218. The highest BCUT2D eigenvalue weighted by Gasteiger charge is 2.26. The van der Waals surface area contributed by atoms with Gasteiger partial charge in [0.25, 0.3) is 0 Å². The first-order valence-corrected chi connectivity index (χ1v) is 7.17. The van der Waals surface area contributed by atoms with Crippen molar-refractivity contribution in [1.82, 2.24) is 0 Å². The number of hydrogen-bond donors (Lipinski definition) is 0. The Bertz CT molecular complexity index is 521. The summed E-state index contributed by atoms with van der Waals surface area (Å²) in [6.45, 7) is 10.7. The Morgan fingerprint density at radius 1 is 1.20 bits per heavy atom. The van der Waals surface area contributed by atoms with Gasteiger partial charge in [-0.25, -0.2) is 4.99 Å². The predicted molar refractivity (Wildman–Crippen MR) is 81.0 cm³/mol. The molecule has 1 atom stereocenters. The molecule has 3 heteroatoms. The summed E-state index contributed by atoms with van der Waals surface area (Å²) in [5, 5.41) is 0. The molecule has 1 aromatic rings. The average molecular weight is 273 g/mol. The molecule has 0 unspecified atom stereocenters. The summed E-state index contributed by atoms with van der Waals surface area (Å²) in [7, 11) is 0. The third kappa shape index (κ3) is 3.27. The van der Waals surface area contributed by atoms with E-state index in [0.717, 1.165) is 5.56 Å². The molecule has 1 aliphatic rings. The molecule has 1 heterocycles. The van der Waals surface area contributed by atoms with Crippen molar-refractivity contribution in [2.24, 2.45) is 10.9 Å². The van der Waals surface area contributed by atoms with Crippen LogP contribution in [0.25, 0.3) is 0 Å². The van der Waals surface area contributed by atoms with Crippen molar-refractivity contribution in [3.8, 4) is 0 Å². The van der Waals surface area contributed by atoms with Crippen molar-refractivity contribution in [1.29, 1.82) is 0 Å². The van der Waals surface area contributed by atoms with Gasteiger partial charge in [0.2, 0.25) is 5.90 Å². The molecule has 0 aliphatic carbocycles. The zero-order valence-corrected chi connectivity index (χ0v) is 12.9. The van der Waals surface area contributed by atoms with Crippen LogP contribution in [0.5, 0.6) is 0 Å². The van der Waals surface area contributed by atoms with Crippen molar-refractivity contribution >= 4 is 11.9 Å². The molecular weight excluding hydrogens is 250 g/mol. The fourth-order valence-corrected chi connectivity index (χ4v) is 2.17. The Kier molecular flexibility index (Phi) is 3.98. The lowest BCUT2D eigenvalue weighted by atomic mass is 9.86. The topological polar surface area (TPSA) is 38.7 Å². The monoisotopic (exact) mass is 273 g/mol. The van der Waals surface area contributed by atoms with Crippen LogP contribution < -0.4 is 0 Å². The van der Waals surface area contributed by atoms with Crippen molar-refractivity contribution in [3.63, 3.8) is 0 Å². The predicted octanol–water partition coefficient (Wildman–Crippen LogP) is 3.70. The summed E-state index contributed by atoms with van der Waals surface area (Å²) in [6.07, 6.45) is 0.376. The number of nitrogens with zero attached hydrogens (tertiary/aromatic N) is 1. The van der Waals surface area contributed by atoms with E-state index in [2.05, 4.69) is 51.7 Å². The molecule has 0 aromatic heterocycles. The fraction of sp³-hybridized carbons (Fsp3) is 0.529. The Morgan fingerprint density at radius 3 is 2.30 bits per heavy atom. The molecule has 0 amide bonds. The van der Waals surface area contributed by atoms with Crippen LogP contribution in [-0.2, 0) is 14.9 Å². The van der Waals surface area contributed by atoms with Gasteiger partial charge in [-0.1, -0.05) is 46.8 Å². The number of benzene rings is 1. The lowest BCUT2D eigenvalue weighted by Gasteiger charge is -2.23. The van der Waals surface area contributed by atoms with Crippen LogP contribution in [0.3, 0.4) is 0 Å². The van der Waals surface area contributed by atoms with E-state index >= 15 is 0 Å². The summed E-state index contributed by atoms with van der Waals surface area (Å²) in [4.78, 5) is 16.3. The third-order valence-corrected chi connectivity index (χ3v) is 3.64. The minimum atomic E-state index is -0.186. The Labute approximate surface area is 121 Å². The van der Waals surface area contributed by atoms with E-state index in [0.29, 0.717) is 18.2 Å². The van der Waals surface area contributed by atoms with Crippen LogP contribution in [0.1, 0.15) is 52.2 Å². The summed E-state index contributed by atoms with van der Waals surface area (Å²) in [5.41, 5.74) is 2.24. The number of ether oxygens (including phenoxy) is 1. The van der Waals surface area contributed by atoms with Gasteiger partial charge in [-0.15, -0.1) is 0 Å².